The number of amides is 1. The molecule has 0 aliphatic rings. The number of ether oxygens (including phenoxy) is 1. The molecule has 7 nitrogen and oxygen atoms in total. The van der Waals surface area contributed by atoms with Gasteiger partial charge in [0.1, 0.15) is 5.69 Å². The van der Waals surface area contributed by atoms with Gasteiger partial charge in [-0.15, -0.1) is 0 Å². The molecule has 1 amide bonds. The summed E-state index contributed by atoms with van der Waals surface area (Å²) in [5.74, 6) is -0.325. The van der Waals surface area contributed by atoms with Crippen molar-refractivity contribution >= 4 is 17.3 Å². The molecule has 2 aromatic rings. The van der Waals surface area contributed by atoms with Gasteiger partial charge in [-0.3, -0.25) is 14.9 Å². The Morgan fingerprint density at radius 3 is 2.39 bits per heavy atom. The largest absolute Gasteiger partial charge is 0.383 e. The van der Waals surface area contributed by atoms with Crippen LogP contribution in [0.15, 0.2) is 30.3 Å². The fourth-order valence-corrected chi connectivity index (χ4v) is 3.27. The number of methoxy groups -OCH3 is 1. The van der Waals surface area contributed by atoms with Gasteiger partial charge >= 0.3 is 0 Å². The van der Waals surface area contributed by atoms with Gasteiger partial charge in [-0.1, -0.05) is 17.7 Å². The van der Waals surface area contributed by atoms with Crippen LogP contribution in [0.2, 0.25) is 0 Å². The Hall–Kier alpha value is -2.93. The number of carbonyl (C=O) groups excluding carboxylic acids is 1. The van der Waals surface area contributed by atoms with E-state index >= 15 is 0 Å². The Morgan fingerprint density at radius 2 is 1.79 bits per heavy atom. The average Bonchev–Trinajstić information content (AvgIpc) is 2.63. The summed E-state index contributed by atoms with van der Waals surface area (Å²) in [5, 5.41) is 17.1. The van der Waals surface area contributed by atoms with Crippen LogP contribution in [0.25, 0.3) is 0 Å². The van der Waals surface area contributed by atoms with Crippen LogP contribution in [-0.2, 0) is 11.2 Å². The topological polar surface area (TPSA) is 93.5 Å². The predicted molar refractivity (Wildman–Crippen MR) is 110 cm³/mol. The van der Waals surface area contributed by atoms with Gasteiger partial charge in [0, 0.05) is 31.8 Å². The molecule has 0 saturated carbocycles. The molecule has 0 spiro atoms. The van der Waals surface area contributed by atoms with Crippen LogP contribution >= 0.6 is 0 Å². The van der Waals surface area contributed by atoms with Crippen LogP contribution in [0.3, 0.4) is 0 Å². The van der Waals surface area contributed by atoms with Gasteiger partial charge in [0.25, 0.3) is 11.6 Å². The number of aryl methyl sites for hydroxylation is 3. The van der Waals surface area contributed by atoms with Crippen molar-refractivity contribution in [3.63, 3.8) is 0 Å². The second kappa shape index (κ2) is 9.85. The second-order valence-electron chi connectivity index (χ2n) is 6.79. The lowest BCUT2D eigenvalue weighted by Gasteiger charge is -2.12. The molecule has 0 aliphatic carbocycles. The summed E-state index contributed by atoms with van der Waals surface area (Å²) in [4.78, 5) is 23.3. The van der Waals surface area contributed by atoms with Crippen molar-refractivity contribution in [1.29, 1.82) is 0 Å². The number of carbonyl (C=O) groups is 1. The third kappa shape index (κ3) is 5.53. The third-order valence-electron chi connectivity index (χ3n) is 4.58. The minimum Gasteiger partial charge on any atom is -0.383 e. The molecule has 2 rings (SSSR count). The van der Waals surface area contributed by atoms with Crippen molar-refractivity contribution in [2.24, 2.45) is 0 Å². The highest BCUT2D eigenvalue weighted by molar-refractivity contribution is 5.95. The van der Waals surface area contributed by atoms with Crippen LogP contribution in [0.4, 0.5) is 11.4 Å². The van der Waals surface area contributed by atoms with Crippen LogP contribution < -0.4 is 10.6 Å². The zero-order valence-corrected chi connectivity index (χ0v) is 16.8. The summed E-state index contributed by atoms with van der Waals surface area (Å²) in [6.07, 6.45) is 0.711. The SMILES string of the molecule is COCCNc1ccc(C(=O)NCCc2c(C)cc(C)cc2C)cc1[N+](=O)[O-]. The second-order valence-corrected chi connectivity index (χ2v) is 6.79. The van der Waals surface area contributed by atoms with E-state index in [9.17, 15) is 14.9 Å². The molecular weight excluding hydrogens is 358 g/mol. The lowest BCUT2D eigenvalue weighted by molar-refractivity contribution is -0.384. The van der Waals surface area contributed by atoms with E-state index in [0.717, 1.165) is 0 Å². The van der Waals surface area contributed by atoms with Crippen LogP contribution in [0.1, 0.15) is 32.6 Å². The Bertz CT molecular complexity index is 842. The number of anilines is 1. The fraction of sp³-hybridized carbons (Fsp3) is 0.381. The molecule has 0 heterocycles. The molecule has 0 unspecified atom stereocenters. The summed E-state index contributed by atoms with van der Waals surface area (Å²) in [7, 11) is 1.56. The zero-order chi connectivity index (χ0) is 20.7. The number of nitrogens with zero attached hydrogens (tertiary/aromatic N) is 1. The first-order valence-corrected chi connectivity index (χ1v) is 9.19. The standard InChI is InChI=1S/C21H27N3O4/c1-14-11-15(2)18(16(3)12-14)7-8-23-21(25)17-5-6-19(22-9-10-28-4)20(13-17)24(26)27/h5-6,11-13,22H,7-10H2,1-4H3,(H,23,25). The number of nitro groups is 1. The minimum absolute atomic E-state index is 0.131. The van der Waals surface area contributed by atoms with Crippen molar-refractivity contribution in [2.45, 2.75) is 27.2 Å². The summed E-state index contributed by atoms with van der Waals surface area (Å²) < 4.78 is 4.93. The van der Waals surface area contributed by atoms with E-state index in [0.29, 0.717) is 31.8 Å². The molecule has 0 aromatic heterocycles. The van der Waals surface area contributed by atoms with E-state index in [1.54, 1.807) is 19.2 Å². The Balaban J connectivity index is 2.04. The van der Waals surface area contributed by atoms with Gasteiger partial charge in [-0.25, -0.2) is 0 Å². The van der Waals surface area contributed by atoms with Crippen molar-refractivity contribution in [1.82, 2.24) is 5.32 Å². The maximum absolute atomic E-state index is 12.4. The summed E-state index contributed by atoms with van der Waals surface area (Å²) >= 11 is 0. The number of nitro benzene ring substituents is 1. The van der Waals surface area contributed by atoms with Gasteiger partial charge in [-0.2, -0.15) is 0 Å². The first-order chi connectivity index (χ1) is 13.3. The molecule has 2 N–H and O–H groups in total. The van der Waals surface area contributed by atoms with E-state index < -0.39 is 4.92 Å². The normalized spacial score (nSPS) is 10.6. The Labute approximate surface area is 165 Å². The Kier molecular flexibility index (Phi) is 7.52. The van der Waals surface area contributed by atoms with E-state index in [2.05, 4.69) is 43.5 Å². The number of benzene rings is 2. The average molecular weight is 385 g/mol. The highest BCUT2D eigenvalue weighted by Crippen LogP contribution is 2.25. The van der Waals surface area contributed by atoms with Crippen LogP contribution in [0.5, 0.6) is 0 Å². The molecule has 0 bridgehead atoms. The molecule has 0 fully saturated rings. The van der Waals surface area contributed by atoms with Gasteiger partial charge < -0.3 is 15.4 Å². The smallest absolute Gasteiger partial charge is 0.293 e. The molecule has 0 atom stereocenters. The predicted octanol–water partition coefficient (Wildman–Crippen LogP) is 3.55. The van der Waals surface area contributed by atoms with Crippen LogP contribution in [-0.4, -0.2) is 37.6 Å². The summed E-state index contributed by atoms with van der Waals surface area (Å²) in [5.41, 5.74) is 5.34. The van der Waals surface area contributed by atoms with E-state index in [1.807, 2.05) is 0 Å². The molecule has 2 aromatic carbocycles. The van der Waals surface area contributed by atoms with Gasteiger partial charge in [-0.05, 0) is 56.0 Å². The molecule has 0 radical (unpaired) electrons. The van der Waals surface area contributed by atoms with Crippen molar-refractivity contribution < 1.29 is 14.5 Å². The number of rotatable bonds is 9. The van der Waals surface area contributed by atoms with Gasteiger partial charge in [0.2, 0.25) is 0 Å². The van der Waals surface area contributed by atoms with Crippen molar-refractivity contribution in [3.05, 3.63) is 68.3 Å². The highest BCUT2D eigenvalue weighted by Gasteiger charge is 2.17. The Morgan fingerprint density at radius 1 is 1.11 bits per heavy atom. The summed E-state index contributed by atoms with van der Waals surface area (Å²) in [6, 6.07) is 8.69. The third-order valence-corrected chi connectivity index (χ3v) is 4.58. The maximum Gasteiger partial charge on any atom is 0.293 e. The first-order valence-electron chi connectivity index (χ1n) is 9.19. The van der Waals surface area contributed by atoms with Crippen molar-refractivity contribution in [2.75, 3.05) is 32.1 Å². The fourth-order valence-electron chi connectivity index (χ4n) is 3.27. The van der Waals surface area contributed by atoms with E-state index in [4.69, 9.17) is 4.74 Å². The first kappa shape index (κ1) is 21.4. The molecule has 28 heavy (non-hydrogen) atoms. The van der Waals surface area contributed by atoms with Crippen molar-refractivity contribution in [3.8, 4) is 0 Å². The zero-order valence-electron chi connectivity index (χ0n) is 16.8. The van der Waals surface area contributed by atoms with Gasteiger partial charge in [0.05, 0.1) is 11.5 Å². The number of hydrogen-bond donors (Lipinski definition) is 2. The van der Waals surface area contributed by atoms with Crippen LogP contribution in [0, 0.1) is 30.9 Å². The molecule has 0 aliphatic heterocycles. The molecule has 0 saturated heterocycles. The molecule has 150 valence electrons. The minimum atomic E-state index is -0.495. The molecule has 7 heteroatoms. The highest BCUT2D eigenvalue weighted by atomic mass is 16.6. The molecular formula is C21H27N3O4. The van der Waals surface area contributed by atoms with E-state index in [1.165, 1.54) is 28.3 Å². The maximum atomic E-state index is 12.4. The lowest BCUT2D eigenvalue weighted by Crippen LogP contribution is -2.26. The lowest BCUT2D eigenvalue weighted by atomic mass is 9.97. The monoisotopic (exact) mass is 385 g/mol. The van der Waals surface area contributed by atoms with Gasteiger partial charge in [0.15, 0.2) is 0 Å². The number of hydrogen-bond acceptors (Lipinski definition) is 5. The summed E-state index contributed by atoms with van der Waals surface area (Å²) in [6.45, 7) is 7.53. The number of nitrogens with one attached hydrogen (secondary N) is 2. The quantitative estimate of drug-likeness (QED) is 0.391. The van der Waals surface area contributed by atoms with E-state index in [-0.39, 0.29) is 17.2 Å².